The zero-order valence-electron chi connectivity index (χ0n) is 9.95. The van der Waals surface area contributed by atoms with Gasteiger partial charge in [-0.15, -0.1) is 0 Å². The Morgan fingerprint density at radius 1 is 1.31 bits per heavy atom. The number of benzene rings is 1. The van der Waals surface area contributed by atoms with Gasteiger partial charge in [0, 0.05) is 11.8 Å². The highest BCUT2D eigenvalue weighted by atomic mass is 16.5. The third-order valence-electron chi connectivity index (χ3n) is 3.56. The lowest BCUT2D eigenvalue weighted by molar-refractivity contribution is -0.124. The first-order valence-electron chi connectivity index (χ1n) is 5.80. The van der Waals surface area contributed by atoms with Crippen LogP contribution in [0.3, 0.4) is 0 Å². The molecule has 2 nitrogen and oxygen atoms in total. The van der Waals surface area contributed by atoms with E-state index < -0.39 is 0 Å². The summed E-state index contributed by atoms with van der Waals surface area (Å²) in [6.07, 6.45) is 3.69. The van der Waals surface area contributed by atoms with E-state index in [1.165, 1.54) is 5.56 Å². The summed E-state index contributed by atoms with van der Waals surface area (Å²) < 4.78 is 5.12. The molecule has 0 spiro atoms. The van der Waals surface area contributed by atoms with E-state index in [1.54, 1.807) is 7.11 Å². The highest BCUT2D eigenvalue weighted by Gasteiger charge is 2.36. The second-order valence-corrected chi connectivity index (χ2v) is 4.86. The van der Waals surface area contributed by atoms with Crippen molar-refractivity contribution in [2.45, 2.75) is 32.6 Å². The van der Waals surface area contributed by atoms with E-state index in [0.717, 1.165) is 31.4 Å². The van der Waals surface area contributed by atoms with Crippen LogP contribution in [0.2, 0.25) is 0 Å². The molecular weight excluding hydrogens is 200 g/mol. The minimum Gasteiger partial charge on any atom is -0.497 e. The minimum atomic E-state index is -0.130. The first-order chi connectivity index (χ1) is 7.64. The maximum Gasteiger partial charge on any atom is 0.139 e. The molecule has 16 heavy (non-hydrogen) atoms. The average Bonchev–Trinajstić information content (AvgIpc) is 2.60. The van der Waals surface area contributed by atoms with Gasteiger partial charge in [-0.05, 0) is 37.0 Å². The molecule has 2 rings (SSSR count). The Hall–Kier alpha value is -1.31. The molecule has 0 aromatic heterocycles. The fraction of sp³-hybridized carbons (Fsp3) is 0.500. The predicted molar refractivity (Wildman–Crippen MR) is 63.7 cm³/mol. The number of carbonyl (C=O) groups excluding carboxylic acids is 1. The van der Waals surface area contributed by atoms with Crippen LogP contribution < -0.4 is 4.74 Å². The van der Waals surface area contributed by atoms with Gasteiger partial charge in [0.15, 0.2) is 0 Å². The Bertz CT molecular complexity index is 380. The lowest BCUT2D eigenvalue weighted by Gasteiger charge is -2.21. The van der Waals surface area contributed by atoms with Crippen LogP contribution in [-0.4, -0.2) is 12.9 Å². The van der Waals surface area contributed by atoms with Crippen molar-refractivity contribution < 1.29 is 9.53 Å². The first-order valence-corrected chi connectivity index (χ1v) is 5.80. The Balaban J connectivity index is 2.11. The Kier molecular flexibility index (Phi) is 2.99. The van der Waals surface area contributed by atoms with Crippen LogP contribution >= 0.6 is 0 Å². The fourth-order valence-corrected chi connectivity index (χ4v) is 2.46. The molecule has 1 atom stereocenters. The van der Waals surface area contributed by atoms with Crippen LogP contribution in [0.5, 0.6) is 5.75 Å². The smallest absolute Gasteiger partial charge is 0.139 e. The Labute approximate surface area is 96.6 Å². The molecule has 86 valence electrons. The predicted octanol–water partition coefficient (Wildman–Crippen LogP) is 3.00. The number of methoxy groups -OCH3 is 1. The molecule has 0 amide bonds. The van der Waals surface area contributed by atoms with Gasteiger partial charge in [-0.1, -0.05) is 19.1 Å². The lowest BCUT2D eigenvalue weighted by atomic mass is 9.81. The normalized spacial score (nSPS) is 24.8. The van der Waals surface area contributed by atoms with E-state index >= 15 is 0 Å². The molecule has 0 radical (unpaired) electrons. The van der Waals surface area contributed by atoms with Gasteiger partial charge in [-0.25, -0.2) is 0 Å². The van der Waals surface area contributed by atoms with Crippen molar-refractivity contribution in [2.24, 2.45) is 5.41 Å². The molecule has 1 aromatic carbocycles. The maximum absolute atomic E-state index is 11.8. The van der Waals surface area contributed by atoms with Crippen molar-refractivity contribution in [2.75, 3.05) is 7.11 Å². The van der Waals surface area contributed by atoms with Crippen LogP contribution in [-0.2, 0) is 11.2 Å². The van der Waals surface area contributed by atoms with E-state index in [9.17, 15) is 4.79 Å². The number of ketones is 1. The number of ether oxygens (including phenoxy) is 1. The van der Waals surface area contributed by atoms with Crippen molar-refractivity contribution in [3.05, 3.63) is 29.8 Å². The second-order valence-electron chi connectivity index (χ2n) is 4.86. The first kappa shape index (κ1) is 11.2. The van der Waals surface area contributed by atoms with Gasteiger partial charge in [-0.2, -0.15) is 0 Å². The summed E-state index contributed by atoms with van der Waals surface area (Å²) in [6.45, 7) is 2.09. The minimum absolute atomic E-state index is 0.130. The molecule has 1 fully saturated rings. The lowest BCUT2D eigenvalue weighted by Crippen LogP contribution is -2.24. The van der Waals surface area contributed by atoms with Gasteiger partial charge in [0.25, 0.3) is 0 Å². The number of hydrogen-bond acceptors (Lipinski definition) is 2. The summed E-state index contributed by atoms with van der Waals surface area (Å²) in [7, 11) is 1.66. The quantitative estimate of drug-likeness (QED) is 0.779. The highest BCUT2D eigenvalue weighted by molar-refractivity contribution is 5.86. The molecule has 1 aliphatic carbocycles. The van der Waals surface area contributed by atoms with E-state index in [0.29, 0.717) is 5.78 Å². The zero-order chi connectivity index (χ0) is 11.6. The second kappa shape index (κ2) is 4.28. The molecule has 1 unspecified atom stereocenters. The van der Waals surface area contributed by atoms with Crippen molar-refractivity contribution >= 4 is 5.78 Å². The molecule has 2 heteroatoms. The van der Waals surface area contributed by atoms with Crippen molar-refractivity contribution in [3.63, 3.8) is 0 Å². The number of Topliss-reactive ketones (excluding diaryl/α,β-unsaturated/α-hetero) is 1. The van der Waals surface area contributed by atoms with Gasteiger partial charge < -0.3 is 4.74 Å². The summed E-state index contributed by atoms with van der Waals surface area (Å²) in [6, 6.07) is 8.02. The third-order valence-corrected chi connectivity index (χ3v) is 3.56. The van der Waals surface area contributed by atoms with Gasteiger partial charge in [0.1, 0.15) is 11.5 Å². The zero-order valence-corrected chi connectivity index (χ0v) is 9.95. The number of carbonyl (C=O) groups is 1. The molecule has 1 aromatic rings. The Morgan fingerprint density at radius 3 is 2.50 bits per heavy atom. The SMILES string of the molecule is COc1ccc(CC2(C)CCCC2=O)cc1. The van der Waals surface area contributed by atoms with Crippen molar-refractivity contribution in [3.8, 4) is 5.75 Å². The van der Waals surface area contributed by atoms with Gasteiger partial charge in [0.05, 0.1) is 7.11 Å². The number of hydrogen-bond donors (Lipinski definition) is 0. The molecular formula is C14H18O2. The summed E-state index contributed by atoms with van der Waals surface area (Å²) in [5, 5.41) is 0. The van der Waals surface area contributed by atoms with E-state index in [-0.39, 0.29) is 5.41 Å². The summed E-state index contributed by atoms with van der Waals surface area (Å²) in [5.41, 5.74) is 1.09. The molecule has 0 heterocycles. The molecule has 1 saturated carbocycles. The molecule has 0 N–H and O–H groups in total. The van der Waals surface area contributed by atoms with Crippen molar-refractivity contribution in [1.82, 2.24) is 0 Å². The molecule has 0 aliphatic heterocycles. The van der Waals surface area contributed by atoms with Crippen LogP contribution in [0.15, 0.2) is 24.3 Å². The molecule has 0 bridgehead atoms. The topological polar surface area (TPSA) is 26.3 Å². The Morgan fingerprint density at radius 2 is 2.00 bits per heavy atom. The van der Waals surface area contributed by atoms with Gasteiger partial charge >= 0.3 is 0 Å². The average molecular weight is 218 g/mol. The standard InChI is InChI=1S/C14H18O2/c1-14(9-3-4-13(14)15)10-11-5-7-12(16-2)8-6-11/h5-8H,3-4,9-10H2,1-2H3. The number of rotatable bonds is 3. The summed E-state index contributed by atoms with van der Waals surface area (Å²) in [5.74, 6) is 1.29. The maximum atomic E-state index is 11.8. The van der Waals surface area contributed by atoms with Crippen molar-refractivity contribution in [1.29, 1.82) is 0 Å². The van der Waals surface area contributed by atoms with Gasteiger partial charge in [-0.3, -0.25) is 4.79 Å². The van der Waals surface area contributed by atoms with Crippen LogP contribution in [0, 0.1) is 5.41 Å². The van der Waals surface area contributed by atoms with Crippen LogP contribution in [0.1, 0.15) is 31.7 Å². The fourth-order valence-electron chi connectivity index (χ4n) is 2.46. The third kappa shape index (κ3) is 2.11. The monoisotopic (exact) mass is 218 g/mol. The van der Waals surface area contributed by atoms with Gasteiger partial charge in [0.2, 0.25) is 0 Å². The molecule has 1 aliphatic rings. The van der Waals surface area contributed by atoms with E-state index in [2.05, 4.69) is 19.1 Å². The highest BCUT2D eigenvalue weighted by Crippen LogP contribution is 2.37. The van der Waals surface area contributed by atoms with Crippen LogP contribution in [0.4, 0.5) is 0 Å². The summed E-state index contributed by atoms with van der Waals surface area (Å²) >= 11 is 0. The van der Waals surface area contributed by atoms with E-state index in [1.807, 2.05) is 12.1 Å². The largest absolute Gasteiger partial charge is 0.497 e. The van der Waals surface area contributed by atoms with Crippen LogP contribution in [0.25, 0.3) is 0 Å². The summed E-state index contributed by atoms with van der Waals surface area (Å²) in [4.78, 5) is 11.8. The van der Waals surface area contributed by atoms with E-state index in [4.69, 9.17) is 4.74 Å². The molecule has 0 saturated heterocycles.